The molecule has 1 saturated heterocycles. The average molecular weight is 319 g/mol. The molecule has 0 aliphatic carbocycles. The van der Waals surface area contributed by atoms with Crippen LogP contribution in [0.4, 0.5) is 5.69 Å². The van der Waals surface area contributed by atoms with Crippen molar-refractivity contribution in [1.82, 2.24) is 9.80 Å². The summed E-state index contributed by atoms with van der Waals surface area (Å²) >= 11 is 0. The molecule has 9 heteroatoms. The van der Waals surface area contributed by atoms with Crippen LogP contribution in [-0.2, 0) is 9.53 Å². The maximum absolute atomic E-state index is 12.3. The number of morpholine rings is 1. The number of non-ortho nitro benzene ring substituents is 1. The highest BCUT2D eigenvalue weighted by atomic mass is 16.6. The van der Waals surface area contributed by atoms with Crippen molar-refractivity contribution in [3.8, 4) is 0 Å². The van der Waals surface area contributed by atoms with Gasteiger partial charge in [0.2, 0.25) is 5.91 Å². The summed E-state index contributed by atoms with van der Waals surface area (Å²) in [6.07, 6.45) is 0. The summed E-state index contributed by atoms with van der Waals surface area (Å²) < 4.78 is 5.14. The quantitative estimate of drug-likeness (QED) is 0.442. The molecule has 0 bridgehead atoms. The molecule has 1 fully saturated rings. The molecular weight excluding hydrogens is 306 g/mol. The number of amides is 3. The Morgan fingerprint density at radius 1 is 1.17 bits per heavy atom. The number of nitrogens with zero attached hydrogens (tertiary/aromatic N) is 3. The minimum atomic E-state index is -0.685. The molecule has 0 saturated carbocycles. The monoisotopic (exact) mass is 319 g/mol. The van der Waals surface area contributed by atoms with Gasteiger partial charge >= 0.3 is 0 Å². The van der Waals surface area contributed by atoms with Crippen LogP contribution in [0.3, 0.4) is 0 Å². The number of ether oxygens (including phenoxy) is 1. The summed E-state index contributed by atoms with van der Waals surface area (Å²) in [5.41, 5.74) is -0.236. The normalized spacial score (nSPS) is 17.4. The Morgan fingerprint density at radius 2 is 1.83 bits per heavy atom. The Kier molecular flexibility index (Phi) is 3.78. The smallest absolute Gasteiger partial charge is 0.270 e. The summed E-state index contributed by atoms with van der Waals surface area (Å²) in [5.74, 6) is -1.64. The van der Waals surface area contributed by atoms with Crippen molar-refractivity contribution < 1.29 is 24.0 Å². The molecule has 0 N–H and O–H groups in total. The first kappa shape index (κ1) is 15.1. The average Bonchev–Trinajstić information content (AvgIpc) is 2.80. The highest BCUT2D eigenvalue weighted by molar-refractivity contribution is 6.22. The summed E-state index contributed by atoms with van der Waals surface area (Å²) in [4.78, 5) is 49.2. The van der Waals surface area contributed by atoms with Crippen LogP contribution in [0.2, 0.25) is 0 Å². The number of fused-ring (bicyclic) bond motifs is 1. The zero-order valence-electron chi connectivity index (χ0n) is 12.1. The maximum atomic E-state index is 12.3. The second kappa shape index (κ2) is 5.76. The lowest BCUT2D eigenvalue weighted by molar-refractivity contribution is -0.384. The SMILES string of the molecule is O=C(CN1C(=O)c2ccc([N+](=O)[O-])cc2C1=O)N1CCOCC1. The lowest BCUT2D eigenvalue weighted by Gasteiger charge is -2.28. The second-order valence-electron chi connectivity index (χ2n) is 5.18. The van der Waals surface area contributed by atoms with Crippen LogP contribution in [0.5, 0.6) is 0 Å². The van der Waals surface area contributed by atoms with Crippen LogP contribution < -0.4 is 0 Å². The van der Waals surface area contributed by atoms with E-state index in [-0.39, 0.29) is 29.3 Å². The van der Waals surface area contributed by atoms with Gasteiger partial charge < -0.3 is 9.64 Å². The third-order valence-corrected chi connectivity index (χ3v) is 3.82. The number of hydrogen-bond donors (Lipinski definition) is 0. The van der Waals surface area contributed by atoms with Gasteiger partial charge in [-0.3, -0.25) is 29.4 Å². The Balaban J connectivity index is 1.79. The third-order valence-electron chi connectivity index (χ3n) is 3.82. The number of nitro groups is 1. The third kappa shape index (κ3) is 2.66. The topological polar surface area (TPSA) is 110 Å². The van der Waals surface area contributed by atoms with Crippen LogP contribution in [0.1, 0.15) is 20.7 Å². The molecule has 2 aliphatic heterocycles. The van der Waals surface area contributed by atoms with Gasteiger partial charge in [0.05, 0.1) is 29.3 Å². The van der Waals surface area contributed by atoms with Gasteiger partial charge in [0.1, 0.15) is 6.54 Å². The van der Waals surface area contributed by atoms with Crippen LogP contribution in [0.15, 0.2) is 18.2 Å². The predicted molar refractivity (Wildman–Crippen MR) is 75.9 cm³/mol. The molecule has 9 nitrogen and oxygen atoms in total. The molecule has 120 valence electrons. The van der Waals surface area contributed by atoms with Gasteiger partial charge in [-0.25, -0.2) is 0 Å². The standard InChI is InChI=1S/C14H13N3O6/c18-12(15-3-5-23-6-4-15)8-16-13(19)10-2-1-9(17(21)22)7-11(10)14(16)20/h1-2,7H,3-6,8H2. The Labute approximate surface area is 130 Å². The van der Waals surface area contributed by atoms with E-state index in [0.29, 0.717) is 26.3 Å². The fourth-order valence-corrected chi connectivity index (χ4v) is 2.58. The highest BCUT2D eigenvalue weighted by Gasteiger charge is 2.38. The second-order valence-corrected chi connectivity index (χ2v) is 5.18. The van der Waals surface area contributed by atoms with Crippen molar-refractivity contribution in [2.75, 3.05) is 32.8 Å². The van der Waals surface area contributed by atoms with Crippen molar-refractivity contribution in [2.24, 2.45) is 0 Å². The molecule has 3 rings (SSSR count). The zero-order valence-corrected chi connectivity index (χ0v) is 12.1. The molecule has 3 amide bonds. The minimum Gasteiger partial charge on any atom is -0.378 e. The largest absolute Gasteiger partial charge is 0.378 e. The van der Waals surface area contributed by atoms with Crippen molar-refractivity contribution in [3.05, 3.63) is 39.4 Å². The molecule has 23 heavy (non-hydrogen) atoms. The fraction of sp³-hybridized carbons (Fsp3) is 0.357. The number of benzene rings is 1. The van der Waals surface area contributed by atoms with E-state index in [1.807, 2.05) is 0 Å². The first-order valence-electron chi connectivity index (χ1n) is 6.99. The van der Waals surface area contributed by atoms with Crippen LogP contribution >= 0.6 is 0 Å². The Bertz CT molecular complexity index is 710. The van der Waals surface area contributed by atoms with E-state index in [1.165, 1.54) is 11.0 Å². The molecule has 1 aromatic rings. The molecule has 2 heterocycles. The number of hydrogen-bond acceptors (Lipinski definition) is 6. The molecule has 2 aliphatic rings. The molecule has 0 radical (unpaired) electrons. The van der Waals surface area contributed by atoms with Gasteiger partial charge in [-0.15, -0.1) is 0 Å². The first-order valence-corrected chi connectivity index (χ1v) is 6.99. The van der Waals surface area contributed by atoms with Crippen molar-refractivity contribution in [2.45, 2.75) is 0 Å². The zero-order chi connectivity index (χ0) is 16.6. The van der Waals surface area contributed by atoms with E-state index in [9.17, 15) is 24.5 Å². The van der Waals surface area contributed by atoms with E-state index in [2.05, 4.69) is 0 Å². The summed E-state index contributed by atoms with van der Waals surface area (Å²) in [5, 5.41) is 10.8. The number of rotatable bonds is 3. The Morgan fingerprint density at radius 3 is 2.48 bits per heavy atom. The Hall–Kier alpha value is -2.81. The molecule has 1 aromatic carbocycles. The molecule has 0 aromatic heterocycles. The lowest BCUT2D eigenvalue weighted by Crippen LogP contribution is -2.47. The first-order chi connectivity index (χ1) is 11.0. The molecule has 0 atom stereocenters. The number of imide groups is 1. The molecular formula is C14H13N3O6. The summed E-state index contributed by atoms with van der Waals surface area (Å²) in [7, 11) is 0. The highest BCUT2D eigenvalue weighted by Crippen LogP contribution is 2.26. The van der Waals surface area contributed by atoms with Crippen LogP contribution in [-0.4, -0.2) is 65.3 Å². The molecule has 0 unspecified atom stereocenters. The number of carbonyl (C=O) groups is 3. The predicted octanol–water partition coefficient (Wildman–Crippen LogP) is 0.0496. The lowest BCUT2D eigenvalue weighted by atomic mass is 10.1. The van der Waals surface area contributed by atoms with E-state index in [1.54, 1.807) is 0 Å². The van der Waals surface area contributed by atoms with E-state index in [0.717, 1.165) is 17.0 Å². The van der Waals surface area contributed by atoms with Crippen molar-refractivity contribution in [1.29, 1.82) is 0 Å². The minimum absolute atomic E-state index is 0.0426. The van der Waals surface area contributed by atoms with Gasteiger partial charge in [0.15, 0.2) is 0 Å². The van der Waals surface area contributed by atoms with Gasteiger partial charge in [0, 0.05) is 25.2 Å². The van der Waals surface area contributed by atoms with Crippen LogP contribution in [0, 0.1) is 10.1 Å². The summed E-state index contributed by atoms with van der Waals surface area (Å²) in [6.45, 7) is 1.28. The van der Waals surface area contributed by atoms with Crippen molar-refractivity contribution >= 4 is 23.4 Å². The van der Waals surface area contributed by atoms with Gasteiger partial charge in [-0.2, -0.15) is 0 Å². The van der Waals surface area contributed by atoms with Crippen LogP contribution in [0.25, 0.3) is 0 Å². The van der Waals surface area contributed by atoms with E-state index < -0.39 is 16.7 Å². The molecule has 0 spiro atoms. The van der Waals surface area contributed by atoms with E-state index in [4.69, 9.17) is 4.74 Å². The van der Waals surface area contributed by atoms with Gasteiger partial charge in [0.25, 0.3) is 17.5 Å². The number of carbonyl (C=O) groups excluding carboxylic acids is 3. The van der Waals surface area contributed by atoms with Crippen molar-refractivity contribution in [3.63, 3.8) is 0 Å². The number of nitro benzene ring substituents is 1. The fourth-order valence-electron chi connectivity index (χ4n) is 2.58. The van der Waals surface area contributed by atoms with E-state index >= 15 is 0 Å². The summed E-state index contributed by atoms with van der Waals surface area (Å²) in [6, 6.07) is 3.47. The van der Waals surface area contributed by atoms with Gasteiger partial charge in [-0.05, 0) is 6.07 Å². The van der Waals surface area contributed by atoms with Gasteiger partial charge in [-0.1, -0.05) is 0 Å². The maximum Gasteiger partial charge on any atom is 0.270 e.